The van der Waals surface area contributed by atoms with Crippen molar-refractivity contribution >= 4 is 39.1 Å². The fourth-order valence-electron chi connectivity index (χ4n) is 3.55. The van der Waals surface area contributed by atoms with E-state index in [0.717, 1.165) is 5.56 Å². The summed E-state index contributed by atoms with van der Waals surface area (Å²) in [4.78, 5) is 23.4. The summed E-state index contributed by atoms with van der Waals surface area (Å²) < 4.78 is 44.5. The summed E-state index contributed by atoms with van der Waals surface area (Å²) in [6.07, 6.45) is 3.33. The molecular weight excluding hydrogens is 531 g/mol. The third kappa shape index (κ3) is 6.05. The number of fused-ring (bicyclic) bond motifs is 1. The van der Waals surface area contributed by atoms with Crippen molar-refractivity contribution in [2.75, 3.05) is 11.9 Å². The van der Waals surface area contributed by atoms with Crippen molar-refractivity contribution in [2.24, 2.45) is 0 Å². The second kappa shape index (κ2) is 11.1. The summed E-state index contributed by atoms with van der Waals surface area (Å²) in [5.41, 5.74) is 3.07. The Morgan fingerprint density at radius 1 is 1.00 bits per heavy atom. The monoisotopic (exact) mass is 552 g/mol. The first-order valence-corrected chi connectivity index (χ1v) is 13.0. The Hall–Kier alpha value is -4.12. The van der Waals surface area contributed by atoms with E-state index in [1.165, 1.54) is 29.2 Å². The van der Waals surface area contributed by atoms with Crippen LogP contribution in [0.15, 0.2) is 96.2 Å². The van der Waals surface area contributed by atoms with Gasteiger partial charge in [-0.25, -0.2) is 14.4 Å². The Morgan fingerprint density at radius 3 is 2.24 bits per heavy atom. The number of hydrogen-bond acceptors (Lipinski definition) is 5. The quantitative estimate of drug-likeness (QED) is 0.286. The summed E-state index contributed by atoms with van der Waals surface area (Å²) >= 11 is 5.94. The maximum atomic E-state index is 13.3. The van der Waals surface area contributed by atoms with Crippen LogP contribution in [-0.4, -0.2) is 40.3 Å². The average molecular weight is 553 g/mol. The molecule has 0 fully saturated rings. The standard InChI is InChI=1S/C20H14ClFN4O.C7H8O3S/c1-25(16-9-5-14(21)6-10-16)19(27)18-17(13-3-7-15(22)8-4-13)24-20-23-11-2-12-26(18)20;1-6-2-4-7(5-3-6)11(8,9)10/h2-12H,1H3;2-5H,1H3,(H,8,9,10). The lowest BCUT2D eigenvalue weighted by Crippen LogP contribution is -2.28. The number of aromatic nitrogens is 3. The van der Waals surface area contributed by atoms with E-state index in [9.17, 15) is 17.6 Å². The van der Waals surface area contributed by atoms with Crippen LogP contribution in [0.3, 0.4) is 0 Å². The van der Waals surface area contributed by atoms with Gasteiger partial charge in [-0.15, -0.1) is 0 Å². The van der Waals surface area contributed by atoms with E-state index in [4.69, 9.17) is 16.2 Å². The lowest BCUT2D eigenvalue weighted by molar-refractivity contribution is 0.0988. The smallest absolute Gasteiger partial charge is 0.294 e. The molecule has 0 saturated carbocycles. The largest absolute Gasteiger partial charge is 0.310 e. The van der Waals surface area contributed by atoms with Gasteiger partial charge in [0.15, 0.2) is 0 Å². The zero-order chi connectivity index (χ0) is 27.4. The molecule has 11 heteroatoms. The number of benzene rings is 3. The first-order valence-electron chi connectivity index (χ1n) is 11.2. The van der Waals surface area contributed by atoms with Crippen molar-refractivity contribution in [1.29, 1.82) is 0 Å². The molecule has 0 aliphatic rings. The molecular formula is C27H22ClFN4O4S. The van der Waals surface area contributed by atoms with Crippen LogP contribution in [0.4, 0.5) is 10.1 Å². The molecule has 1 amide bonds. The molecule has 38 heavy (non-hydrogen) atoms. The molecule has 8 nitrogen and oxygen atoms in total. The van der Waals surface area contributed by atoms with Gasteiger partial charge in [-0.1, -0.05) is 29.3 Å². The van der Waals surface area contributed by atoms with E-state index in [1.54, 1.807) is 78.4 Å². The van der Waals surface area contributed by atoms with Gasteiger partial charge in [0.25, 0.3) is 16.0 Å². The van der Waals surface area contributed by atoms with Crippen molar-refractivity contribution in [3.05, 3.63) is 113 Å². The first kappa shape index (κ1) is 26.9. The van der Waals surface area contributed by atoms with E-state index in [0.29, 0.717) is 33.4 Å². The molecule has 0 aliphatic carbocycles. The Balaban J connectivity index is 0.000000257. The maximum absolute atomic E-state index is 13.3. The Morgan fingerprint density at radius 2 is 1.63 bits per heavy atom. The molecule has 0 radical (unpaired) electrons. The lowest BCUT2D eigenvalue weighted by Gasteiger charge is -2.18. The molecule has 0 bridgehead atoms. The maximum Gasteiger partial charge on any atom is 0.294 e. The number of hydrogen-bond donors (Lipinski definition) is 1. The average Bonchev–Trinajstić information content (AvgIpc) is 3.28. The zero-order valence-corrected chi connectivity index (χ0v) is 21.9. The van der Waals surface area contributed by atoms with Crippen molar-refractivity contribution in [2.45, 2.75) is 11.8 Å². The number of imidazole rings is 1. The van der Waals surface area contributed by atoms with Crippen molar-refractivity contribution < 1.29 is 22.2 Å². The predicted molar refractivity (Wildman–Crippen MR) is 144 cm³/mol. The summed E-state index contributed by atoms with van der Waals surface area (Å²) in [6.45, 7) is 1.84. The summed E-state index contributed by atoms with van der Waals surface area (Å²) in [5, 5.41) is 0.589. The second-order valence-electron chi connectivity index (χ2n) is 8.23. The van der Waals surface area contributed by atoms with Crippen LogP contribution >= 0.6 is 11.6 Å². The summed E-state index contributed by atoms with van der Waals surface area (Å²) in [5.74, 6) is -0.228. The van der Waals surface area contributed by atoms with E-state index in [1.807, 2.05) is 6.92 Å². The van der Waals surface area contributed by atoms with Gasteiger partial charge in [-0.3, -0.25) is 13.7 Å². The summed E-state index contributed by atoms with van der Waals surface area (Å²) in [6, 6.07) is 20.5. The van der Waals surface area contributed by atoms with Crippen molar-refractivity contribution in [1.82, 2.24) is 14.4 Å². The van der Waals surface area contributed by atoms with Crippen LogP contribution in [0.5, 0.6) is 0 Å². The first-order chi connectivity index (χ1) is 18.0. The van der Waals surface area contributed by atoms with Crippen LogP contribution in [0.2, 0.25) is 5.02 Å². The van der Waals surface area contributed by atoms with Crippen molar-refractivity contribution in [3.8, 4) is 11.3 Å². The molecule has 0 unspecified atom stereocenters. The SMILES string of the molecule is CN(C(=O)c1c(-c2ccc(F)cc2)nc2ncccn12)c1ccc(Cl)cc1.Cc1ccc(S(=O)(=O)O)cc1. The molecule has 0 spiro atoms. The number of aryl methyl sites for hydroxylation is 1. The van der Waals surface area contributed by atoms with Gasteiger partial charge >= 0.3 is 0 Å². The van der Waals surface area contributed by atoms with Gasteiger partial charge in [-0.05, 0) is 73.7 Å². The fraction of sp³-hybridized carbons (Fsp3) is 0.0741. The third-order valence-corrected chi connectivity index (χ3v) is 6.68. The molecule has 3 aromatic carbocycles. The predicted octanol–water partition coefficient (Wildman–Crippen LogP) is 5.71. The Bertz CT molecular complexity index is 1690. The van der Waals surface area contributed by atoms with Crippen LogP contribution in [0, 0.1) is 12.7 Å². The van der Waals surface area contributed by atoms with Gasteiger partial charge in [0.2, 0.25) is 5.78 Å². The van der Waals surface area contributed by atoms with Gasteiger partial charge in [0, 0.05) is 35.7 Å². The van der Waals surface area contributed by atoms with Crippen molar-refractivity contribution in [3.63, 3.8) is 0 Å². The fourth-order valence-corrected chi connectivity index (χ4v) is 4.16. The number of rotatable bonds is 4. The Kier molecular flexibility index (Phi) is 7.86. The van der Waals surface area contributed by atoms with Gasteiger partial charge in [0.1, 0.15) is 17.2 Å². The molecule has 1 N–H and O–H groups in total. The van der Waals surface area contributed by atoms with Crippen LogP contribution in [0.1, 0.15) is 16.1 Å². The highest BCUT2D eigenvalue weighted by atomic mass is 35.5. The minimum Gasteiger partial charge on any atom is -0.310 e. The highest BCUT2D eigenvalue weighted by Gasteiger charge is 2.24. The highest BCUT2D eigenvalue weighted by Crippen LogP contribution is 2.27. The number of anilines is 1. The van der Waals surface area contributed by atoms with Crippen LogP contribution < -0.4 is 4.90 Å². The van der Waals surface area contributed by atoms with E-state index in [-0.39, 0.29) is 16.6 Å². The van der Waals surface area contributed by atoms with E-state index >= 15 is 0 Å². The number of halogens is 2. The molecule has 0 saturated heterocycles. The third-order valence-electron chi connectivity index (χ3n) is 5.56. The second-order valence-corrected chi connectivity index (χ2v) is 10.1. The van der Waals surface area contributed by atoms with Gasteiger partial charge in [0.05, 0.1) is 4.90 Å². The van der Waals surface area contributed by atoms with E-state index in [2.05, 4.69) is 9.97 Å². The summed E-state index contributed by atoms with van der Waals surface area (Å²) in [7, 11) is -2.34. The van der Waals surface area contributed by atoms with Crippen LogP contribution in [-0.2, 0) is 10.1 Å². The number of carbonyl (C=O) groups excluding carboxylic acids is 1. The minimum atomic E-state index is -4.02. The number of nitrogens with zero attached hydrogens (tertiary/aromatic N) is 4. The molecule has 2 heterocycles. The van der Waals surface area contributed by atoms with E-state index < -0.39 is 10.1 Å². The molecule has 0 atom stereocenters. The highest BCUT2D eigenvalue weighted by molar-refractivity contribution is 7.85. The lowest BCUT2D eigenvalue weighted by atomic mass is 10.1. The zero-order valence-electron chi connectivity index (χ0n) is 20.3. The molecule has 5 rings (SSSR count). The Labute approximate surface area is 223 Å². The molecule has 2 aromatic heterocycles. The molecule has 5 aromatic rings. The number of carbonyl (C=O) groups is 1. The number of amides is 1. The topological polar surface area (TPSA) is 105 Å². The molecule has 0 aliphatic heterocycles. The van der Waals surface area contributed by atoms with Crippen LogP contribution in [0.25, 0.3) is 17.0 Å². The molecule has 194 valence electrons. The van der Waals surface area contributed by atoms with Gasteiger partial charge < -0.3 is 4.90 Å². The normalized spacial score (nSPS) is 11.1. The minimum absolute atomic E-state index is 0.0666. The van der Waals surface area contributed by atoms with Gasteiger partial charge in [-0.2, -0.15) is 8.42 Å².